The molecule has 0 spiro atoms. The van der Waals surface area contributed by atoms with Crippen LogP contribution < -0.4 is 5.32 Å². The van der Waals surface area contributed by atoms with Crippen LogP contribution in [0.3, 0.4) is 0 Å². The number of rotatable bonds is 9. The molecule has 0 saturated carbocycles. The first kappa shape index (κ1) is 16.9. The number of nitrogens with zero attached hydrogens (tertiary/aromatic N) is 2. The number of unbranched alkanes of at least 4 members (excludes halogenated alkanes) is 2. The van der Waals surface area contributed by atoms with Crippen molar-refractivity contribution in [1.82, 2.24) is 15.1 Å². The van der Waals surface area contributed by atoms with E-state index in [0.29, 0.717) is 6.04 Å². The molecule has 3 nitrogen and oxygen atoms in total. The van der Waals surface area contributed by atoms with Crippen molar-refractivity contribution in [2.75, 3.05) is 46.8 Å². The number of hydrogen-bond donors (Lipinski definition) is 1. The molecule has 0 radical (unpaired) electrons. The Bertz CT molecular complexity index is 208. The van der Waals surface area contributed by atoms with Gasteiger partial charge in [0.1, 0.15) is 0 Å². The molecule has 1 heterocycles. The standard InChI is InChI=1S/C16H35N3/c1-15(2)17-10-6-5-7-11-19-12-8-16(9-13-19)14-18(3)4/h15-17H,5-14H2,1-4H3. The van der Waals surface area contributed by atoms with Crippen LogP contribution in [-0.4, -0.2) is 62.7 Å². The quantitative estimate of drug-likeness (QED) is 0.649. The van der Waals surface area contributed by atoms with Gasteiger partial charge in [0.2, 0.25) is 0 Å². The van der Waals surface area contributed by atoms with Gasteiger partial charge < -0.3 is 15.1 Å². The van der Waals surface area contributed by atoms with E-state index in [9.17, 15) is 0 Å². The molecule has 0 unspecified atom stereocenters. The average Bonchev–Trinajstić information content (AvgIpc) is 2.34. The minimum atomic E-state index is 0.635. The van der Waals surface area contributed by atoms with Crippen molar-refractivity contribution in [2.45, 2.75) is 52.0 Å². The highest BCUT2D eigenvalue weighted by molar-refractivity contribution is 4.73. The van der Waals surface area contributed by atoms with Crippen LogP contribution in [0.1, 0.15) is 46.0 Å². The second-order valence-corrected chi connectivity index (χ2v) is 6.72. The van der Waals surface area contributed by atoms with E-state index in [4.69, 9.17) is 0 Å². The van der Waals surface area contributed by atoms with E-state index in [1.807, 2.05) is 0 Å². The summed E-state index contributed by atoms with van der Waals surface area (Å²) in [6.07, 6.45) is 6.87. The van der Waals surface area contributed by atoms with E-state index in [2.05, 4.69) is 43.1 Å². The maximum Gasteiger partial charge on any atom is 0.00103 e. The van der Waals surface area contributed by atoms with E-state index in [-0.39, 0.29) is 0 Å². The van der Waals surface area contributed by atoms with Gasteiger partial charge in [-0.1, -0.05) is 20.3 Å². The molecular weight excluding hydrogens is 234 g/mol. The van der Waals surface area contributed by atoms with E-state index >= 15 is 0 Å². The smallest absolute Gasteiger partial charge is 0.00103 e. The van der Waals surface area contributed by atoms with Crippen LogP contribution in [0.2, 0.25) is 0 Å². The van der Waals surface area contributed by atoms with Gasteiger partial charge in [-0.15, -0.1) is 0 Å². The maximum absolute atomic E-state index is 3.49. The summed E-state index contributed by atoms with van der Waals surface area (Å²) in [5, 5.41) is 3.49. The lowest BCUT2D eigenvalue weighted by Crippen LogP contribution is -2.37. The molecule has 0 aromatic heterocycles. The second-order valence-electron chi connectivity index (χ2n) is 6.72. The van der Waals surface area contributed by atoms with Gasteiger partial charge in [0, 0.05) is 12.6 Å². The molecule has 19 heavy (non-hydrogen) atoms. The van der Waals surface area contributed by atoms with Crippen LogP contribution >= 0.6 is 0 Å². The first-order valence-corrected chi connectivity index (χ1v) is 8.18. The summed E-state index contributed by atoms with van der Waals surface area (Å²) in [4.78, 5) is 5.00. The average molecular weight is 269 g/mol. The molecule has 0 bridgehead atoms. The van der Waals surface area contributed by atoms with Gasteiger partial charge in [-0.3, -0.25) is 0 Å². The summed E-state index contributed by atoms with van der Waals surface area (Å²) >= 11 is 0. The number of likely N-dealkylation sites (tertiary alicyclic amines) is 1. The molecule has 0 aromatic carbocycles. The van der Waals surface area contributed by atoms with E-state index in [0.717, 1.165) is 5.92 Å². The number of piperidine rings is 1. The summed E-state index contributed by atoms with van der Waals surface area (Å²) in [5.74, 6) is 0.932. The highest BCUT2D eigenvalue weighted by Gasteiger charge is 2.18. The van der Waals surface area contributed by atoms with Gasteiger partial charge >= 0.3 is 0 Å². The Morgan fingerprint density at radius 3 is 2.37 bits per heavy atom. The van der Waals surface area contributed by atoms with Crippen molar-refractivity contribution in [3.63, 3.8) is 0 Å². The Morgan fingerprint density at radius 2 is 1.79 bits per heavy atom. The van der Waals surface area contributed by atoms with Gasteiger partial charge in [0.25, 0.3) is 0 Å². The van der Waals surface area contributed by atoms with Crippen LogP contribution in [0.5, 0.6) is 0 Å². The predicted octanol–water partition coefficient (Wildman–Crippen LogP) is 2.43. The molecule has 0 aliphatic carbocycles. The zero-order valence-corrected chi connectivity index (χ0v) is 13.6. The largest absolute Gasteiger partial charge is 0.315 e. The minimum Gasteiger partial charge on any atom is -0.315 e. The Kier molecular flexibility index (Phi) is 8.67. The van der Waals surface area contributed by atoms with Gasteiger partial charge in [0.05, 0.1) is 0 Å². The van der Waals surface area contributed by atoms with E-state index in [1.54, 1.807) is 0 Å². The van der Waals surface area contributed by atoms with Crippen LogP contribution in [0, 0.1) is 5.92 Å². The Labute approximate surface area is 120 Å². The van der Waals surface area contributed by atoms with Gasteiger partial charge in [-0.25, -0.2) is 0 Å². The summed E-state index contributed by atoms with van der Waals surface area (Å²) in [7, 11) is 4.38. The third kappa shape index (κ3) is 8.61. The molecule has 1 fully saturated rings. The van der Waals surface area contributed by atoms with Crippen molar-refractivity contribution >= 4 is 0 Å². The summed E-state index contributed by atoms with van der Waals surface area (Å²) in [6.45, 7) is 10.9. The SMILES string of the molecule is CC(C)NCCCCCN1CCC(CN(C)C)CC1. The van der Waals surface area contributed by atoms with Crippen LogP contribution in [0.25, 0.3) is 0 Å². The monoisotopic (exact) mass is 269 g/mol. The second kappa shape index (κ2) is 9.73. The molecule has 114 valence electrons. The zero-order valence-electron chi connectivity index (χ0n) is 13.6. The molecule has 1 aliphatic heterocycles. The van der Waals surface area contributed by atoms with Crippen molar-refractivity contribution in [1.29, 1.82) is 0 Å². The van der Waals surface area contributed by atoms with Crippen LogP contribution in [-0.2, 0) is 0 Å². The molecule has 1 N–H and O–H groups in total. The third-order valence-corrected chi connectivity index (χ3v) is 4.03. The highest BCUT2D eigenvalue weighted by atomic mass is 15.1. The first-order valence-electron chi connectivity index (χ1n) is 8.18. The molecule has 3 heteroatoms. The predicted molar refractivity (Wildman–Crippen MR) is 84.7 cm³/mol. The fourth-order valence-electron chi connectivity index (χ4n) is 2.94. The van der Waals surface area contributed by atoms with E-state index < -0.39 is 0 Å². The molecule has 1 saturated heterocycles. The van der Waals surface area contributed by atoms with Crippen molar-refractivity contribution in [3.05, 3.63) is 0 Å². The number of nitrogens with one attached hydrogen (secondary N) is 1. The van der Waals surface area contributed by atoms with E-state index in [1.165, 1.54) is 64.8 Å². The van der Waals surface area contributed by atoms with Crippen molar-refractivity contribution in [2.24, 2.45) is 5.92 Å². The normalized spacial score (nSPS) is 18.6. The number of hydrogen-bond acceptors (Lipinski definition) is 3. The summed E-state index contributed by atoms with van der Waals surface area (Å²) in [5.41, 5.74) is 0. The van der Waals surface area contributed by atoms with Crippen LogP contribution in [0.4, 0.5) is 0 Å². The highest BCUT2D eigenvalue weighted by Crippen LogP contribution is 2.18. The Hall–Kier alpha value is -0.120. The molecule has 1 rings (SSSR count). The molecular formula is C16H35N3. The fourth-order valence-corrected chi connectivity index (χ4v) is 2.94. The lowest BCUT2D eigenvalue weighted by molar-refractivity contribution is 0.160. The van der Waals surface area contributed by atoms with Gasteiger partial charge in [-0.05, 0) is 71.9 Å². The topological polar surface area (TPSA) is 18.5 Å². The summed E-state index contributed by atoms with van der Waals surface area (Å²) < 4.78 is 0. The Balaban J connectivity index is 1.95. The van der Waals surface area contributed by atoms with Crippen molar-refractivity contribution in [3.8, 4) is 0 Å². The summed E-state index contributed by atoms with van der Waals surface area (Å²) in [6, 6.07) is 0.635. The first-order chi connectivity index (χ1) is 9.08. The molecule has 0 aromatic rings. The zero-order chi connectivity index (χ0) is 14.1. The lowest BCUT2D eigenvalue weighted by atomic mass is 9.96. The van der Waals surface area contributed by atoms with Gasteiger partial charge in [0.15, 0.2) is 0 Å². The van der Waals surface area contributed by atoms with Gasteiger partial charge in [-0.2, -0.15) is 0 Å². The minimum absolute atomic E-state index is 0.635. The third-order valence-electron chi connectivity index (χ3n) is 4.03. The molecule has 1 aliphatic rings. The lowest BCUT2D eigenvalue weighted by Gasteiger charge is -2.33. The van der Waals surface area contributed by atoms with Crippen LogP contribution in [0.15, 0.2) is 0 Å². The molecule has 0 atom stereocenters. The molecule has 0 amide bonds. The Morgan fingerprint density at radius 1 is 1.11 bits per heavy atom. The maximum atomic E-state index is 3.49. The fraction of sp³-hybridized carbons (Fsp3) is 1.00. The van der Waals surface area contributed by atoms with Crippen molar-refractivity contribution < 1.29 is 0 Å².